The van der Waals surface area contributed by atoms with E-state index < -0.39 is 55.0 Å². The van der Waals surface area contributed by atoms with Crippen molar-refractivity contribution in [2.45, 2.75) is 42.8 Å². The number of nitrogen functional groups attached to an aromatic ring is 1. The molecule has 1 aliphatic rings. The standard InChI is InChI=1S/C21H28FN4O7PS/c1-12(2)17(20(28)31-3)25-34(30,33-13-7-5-4-6-8-13)32-11-14-18(27)16(22)19(35-14)26-10-9-15(23)24-21(26)29/h4-10,12,14,16-19,27H,11H2,1-3H3,(H,25,30)(H2,23,24,29)/t14-,16+,17?,18-,19-,34?/m1/s1. The van der Waals surface area contributed by atoms with Crippen LogP contribution in [-0.4, -0.2) is 57.9 Å². The van der Waals surface area contributed by atoms with E-state index >= 15 is 0 Å². The molecule has 0 radical (unpaired) electrons. The highest BCUT2D eigenvalue weighted by atomic mass is 32.2. The van der Waals surface area contributed by atoms with Gasteiger partial charge in [-0.25, -0.2) is 13.8 Å². The number of nitrogens with one attached hydrogen (secondary N) is 1. The van der Waals surface area contributed by atoms with E-state index in [4.69, 9.17) is 19.5 Å². The molecule has 1 aliphatic heterocycles. The summed E-state index contributed by atoms with van der Waals surface area (Å²) in [6.45, 7) is 3.02. The molecular weight excluding hydrogens is 502 g/mol. The van der Waals surface area contributed by atoms with Gasteiger partial charge in [0.25, 0.3) is 0 Å². The largest absolute Gasteiger partial charge is 0.468 e. The first-order valence-electron chi connectivity index (χ1n) is 10.7. The summed E-state index contributed by atoms with van der Waals surface area (Å²) < 4.78 is 45.6. The molecule has 1 fully saturated rings. The molecule has 2 unspecified atom stereocenters. The normalized spacial score (nSPS) is 24.6. The second-order valence-corrected chi connectivity index (χ2v) is 11.2. The molecule has 0 bridgehead atoms. The molecule has 4 N–H and O–H groups in total. The van der Waals surface area contributed by atoms with Gasteiger partial charge >= 0.3 is 19.4 Å². The third-order valence-electron chi connectivity index (χ3n) is 5.22. The number of methoxy groups -OCH3 is 1. The highest BCUT2D eigenvalue weighted by molar-refractivity contribution is 8.00. The van der Waals surface area contributed by atoms with Gasteiger partial charge in [-0.1, -0.05) is 32.0 Å². The first-order chi connectivity index (χ1) is 16.5. The zero-order valence-electron chi connectivity index (χ0n) is 19.3. The van der Waals surface area contributed by atoms with Crippen molar-refractivity contribution in [1.29, 1.82) is 0 Å². The number of benzene rings is 1. The number of nitrogens with zero attached hydrogens (tertiary/aromatic N) is 2. The van der Waals surface area contributed by atoms with Crippen molar-refractivity contribution in [2.24, 2.45) is 5.92 Å². The zero-order chi connectivity index (χ0) is 25.8. The average Bonchev–Trinajstić information content (AvgIpc) is 3.10. The van der Waals surface area contributed by atoms with Crippen LogP contribution >= 0.6 is 19.5 Å². The summed E-state index contributed by atoms with van der Waals surface area (Å²) in [6.07, 6.45) is -2.09. The Labute approximate surface area is 205 Å². The van der Waals surface area contributed by atoms with Gasteiger partial charge in [0.1, 0.15) is 29.1 Å². The smallest absolute Gasteiger partial charge is 0.459 e. The van der Waals surface area contributed by atoms with Crippen molar-refractivity contribution in [2.75, 3.05) is 19.5 Å². The van der Waals surface area contributed by atoms with E-state index in [1.165, 1.54) is 19.4 Å². The molecule has 0 aliphatic carbocycles. The Morgan fingerprint density at radius 1 is 1.34 bits per heavy atom. The Hall–Kier alpha value is -2.44. The van der Waals surface area contributed by atoms with E-state index in [0.29, 0.717) is 0 Å². The summed E-state index contributed by atoms with van der Waals surface area (Å²) in [4.78, 5) is 28.0. The van der Waals surface area contributed by atoms with Crippen molar-refractivity contribution in [1.82, 2.24) is 14.6 Å². The quantitative estimate of drug-likeness (QED) is 0.306. The number of esters is 1. The SMILES string of the molecule is COC(=O)C(NP(=O)(OC[C@H]1S[C@@H](n2ccc(N)nc2=O)[C@@H](F)[C@@H]1O)Oc1ccccc1)C(C)C. The Morgan fingerprint density at radius 3 is 2.63 bits per heavy atom. The lowest BCUT2D eigenvalue weighted by Crippen LogP contribution is -2.41. The molecule has 0 spiro atoms. The number of halogens is 1. The minimum atomic E-state index is -4.22. The Morgan fingerprint density at radius 2 is 2.03 bits per heavy atom. The van der Waals surface area contributed by atoms with Crippen molar-refractivity contribution >= 4 is 31.3 Å². The fourth-order valence-corrected chi connectivity index (χ4v) is 6.54. The van der Waals surface area contributed by atoms with E-state index in [1.54, 1.807) is 44.2 Å². The maximum Gasteiger partial charge on any atom is 0.459 e. The summed E-state index contributed by atoms with van der Waals surface area (Å²) in [6, 6.07) is 8.46. The number of aliphatic hydroxyl groups excluding tert-OH is 1. The van der Waals surface area contributed by atoms with Gasteiger partial charge in [-0.2, -0.15) is 10.1 Å². The van der Waals surface area contributed by atoms with Crippen molar-refractivity contribution in [3.63, 3.8) is 0 Å². The number of nitrogens with two attached hydrogens (primary N) is 1. The molecule has 35 heavy (non-hydrogen) atoms. The number of aromatic nitrogens is 2. The average molecular weight is 531 g/mol. The summed E-state index contributed by atoms with van der Waals surface area (Å²) >= 11 is 0.919. The van der Waals surface area contributed by atoms with Crippen LogP contribution in [0.15, 0.2) is 47.4 Å². The highest BCUT2D eigenvalue weighted by Gasteiger charge is 2.47. The molecular formula is C21H28FN4O7PS. The number of carbonyl (C=O) groups excluding carboxylic acids is 1. The molecule has 2 heterocycles. The predicted molar refractivity (Wildman–Crippen MR) is 129 cm³/mol. The lowest BCUT2D eigenvalue weighted by Gasteiger charge is -2.27. The van der Waals surface area contributed by atoms with Crippen molar-refractivity contribution in [3.8, 4) is 5.75 Å². The third-order valence-corrected chi connectivity index (χ3v) is 8.28. The first kappa shape index (κ1) is 27.2. The number of thioether (sulfide) groups is 1. The van der Waals surface area contributed by atoms with Gasteiger partial charge in [0.05, 0.1) is 19.0 Å². The monoisotopic (exact) mass is 530 g/mol. The fraction of sp³-hybridized carbons (Fsp3) is 0.476. The fourth-order valence-electron chi connectivity index (χ4n) is 3.34. The molecule has 1 aromatic carbocycles. The van der Waals surface area contributed by atoms with Crippen LogP contribution in [0, 0.1) is 5.92 Å². The number of rotatable bonds is 10. The van der Waals surface area contributed by atoms with E-state index in [2.05, 4.69) is 10.1 Å². The minimum Gasteiger partial charge on any atom is -0.468 e. The number of ether oxygens (including phenoxy) is 1. The Kier molecular flexibility index (Phi) is 8.94. The molecule has 6 atom stereocenters. The second kappa shape index (κ2) is 11.5. The van der Waals surface area contributed by atoms with Gasteiger partial charge in [-0.3, -0.25) is 13.9 Å². The van der Waals surface area contributed by atoms with Gasteiger partial charge in [-0.05, 0) is 24.1 Å². The molecule has 0 saturated carbocycles. The third kappa shape index (κ3) is 6.62. The van der Waals surface area contributed by atoms with Crippen LogP contribution in [-0.2, 0) is 18.6 Å². The van der Waals surface area contributed by atoms with Gasteiger partial charge in [0.15, 0.2) is 6.17 Å². The molecule has 1 saturated heterocycles. The molecule has 192 valence electrons. The Bertz CT molecular complexity index is 1120. The van der Waals surface area contributed by atoms with E-state index in [1.807, 2.05) is 0 Å². The van der Waals surface area contributed by atoms with Gasteiger partial charge in [-0.15, -0.1) is 11.8 Å². The number of para-hydroxylation sites is 1. The molecule has 1 aromatic heterocycles. The summed E-state index contributed by atoms with van der Waals surface area (Å²) in [5.41, 5.74) is 4.72. The van der Waals surface area contributed by atoms with E-state index in [-0.39, 0.29) is 17.5 Å². The van der Waals surface area contributed by atoms with Crippen LogP contribution < -0.4 is 21.0 Å². The van der Waals surface area contributed by atoms with Crippen molar-refractivity contribution < 1.29 is 32.6 Å². The van der Waals surface area contributed by atoms with E-state index in [0.717, 1.165) is 16.3 Å². The van der Waals surface area contributed by atoms with Crippen LogP contribution in [0.4, 0.5) is 10.2 Å². The summed E-state index contributed by atoms with van der Waals surface area (Å²) in [7, 11) is -3.02. The van der Waals surface area contributed by atoms with Gasteiger partial charge in [0, 0.05) is 6.20 Å². The van der Waals surface area contributed by atoms with Crippen LogP contribution in [0.25, 0.3) is 0 Å². The number of hydrogen-bond acceptors (Lipinski definition) is 10. The lowest BCUT2D eigenvalue weighted by molar-refractivity contribution is -0.143. The molecule has 3 rings (SSSR count). The maximum atomic E-state index is 14.9. The minimum absolute atomic E-state index is 0.0135. The molecule has 11 nitrogen and oxygen atoms in total. The summed E-state index contributed by atoms with van der Waals surface area (Å²) in [5.74, 6) is -0.818. The first-order valence-corrected chi connectivity index (χ1v) is 13.2. The van der Waals surface area contributed by atoms with Crippen LogP contribution in [0.5, 0.6) is 5.75 Å². The predicted octanol–water partition coefficient (Wildman–Crippen LogP) is 2.13. The maximum absolute atomic E-state index is 14.9. The van der Waals surface area contributed by atoms with Gasteiger partial charge in [0.2, 0.25) is 0 Å². The number of carbonyl (C=O) groups is 1. The highest BCUT2D eigenvalue weighted by Crippen LogP contribution is 2.49. The number of hydrogen-bond donors (Lipinski definition) is 3. The lowest BCUT2D eigenvalue weighted by atomic mass is 10.1. The molecule has 14 heteroatoms. The second-order valence-electron chi connectivity index (χ2n) is 8.11. The van der Waals surface area contributed by atoms with Crippen molar-refractivity contribution in [3.05, 3.63) is 53.1 Å². The number of aliphatic hydroxyl groups is 1. The van der Waals surface area contributed by atoms with Crippen LogP contribution in [0.1, 0.15) is 19.2 Å². The topological polar surface area (TPSA) is 155 Å². The zero-order valence-corrected chi connectivity index (χ0v) is 21.0. The number of anilines is 1. The number of alkyl halides is 1. The Balaban J connectivity index is 1.80. The summed E-state index contributed by atoms with van der Waals surface area (Å²) in [5, 5.41) is 11.1. The molecule has 0 amide bonds. The van der Waals surface area contributed by atoms with Gasteiger partial charge < -0.3 is 20.1 Å². The van der Waals surface area contributed by atoms with Crippen LogP contribution in [0.3, 0.4) is 0 Å². The molecule has 2 aromatic rings. The van der Waals surface area contributed by atoms with E-state index in [9.17, 15) is 23.7 Å². The van der Waals surface area contributed by atoms with Crippen LogP contribution in [0.2, 0.25) is 0 Å².